The minimum atomic E-state index is 0.227. The van der Waals surface area contributed by atoms with Crippen LogP contribution in [0, 0.1) is 0 Å². The molecule has 2 aromatic heterocycles. The molecule has 0 unspecified atom stereocenters. The second kappa shape index (κ2) is 4.81. The van der Waals surface area contributed by atoms with Crippen LogP contribution in [0.25, 0.3) is 11.4 Å². The third kappa shape index (κ3) is 2.48. The molecule has 0 aliphatic rings. The van der Waals surface area contributed by atoms with Crippen LogP contribution in [0.2, 0.25) is 5.28 Å². The van der Waals surface area contributed by atoms with E-state index in [1.165, 1.54) is 0 Å². The normalized spacial score (nSPS) is 10.8. The van der Waals surface area contributed by atoms with E-state index < -0.39 is 0 Å². The zero-order valence-corrected chi connectivity index (χ0v) is 11.0. The molecule has 7 heteroatoms. The molecule has 0 fully saturated rings. The fourth-order valence-corrected chi connectivity index (χ4v) is 1.90. The van der Waals surface area contributed by atoms with Crippen LogP contribution in [0.3, 0.4) is 0 Å². The molecule has 1 aromatic carbocycles. The van der Waals surface area contributed by atoms with E-state index in [-0.39, 0.29) is 5.28 Å². The first-order valence-corrected chi connectivity index (χ1v) is 6.10. The molecule has 0 saturated heterocycles. The van der Waals surface area contributed by atoms with Gasteiger partial charge >= 0.3 is 0 Å². The van der Waals surface area contributed by atoms with Gasteiger partial charge in [-0.1, -0.05) is 30.3 Å². The smallest absolute Gasteiger partial charge is 0.242 e. The van der Waals surface area contributed by atoms with Crippen molar-refractivity contribution in [1.29, 1.82) is 0 Å². The highest BCUT2D eigenvalue weighted by molar-refractivity contribution is 6.28. The van der Waals surface area contributed by atoms with Crippen molar-refractivity contribution >= 4 is 11.6 Å². The number of aromatic nitrogens is 6. The molecule has 0 atom stereocenters. The molecule has 96 valence electrons. The lowest BCUT2D eigenvalue weighted by Crippen LogP contribution is -2.07. The Kier molecular flexibility index (Phi) is 3.00. The maximum Gasteiger partial charge on any atom is 0.242 e. The van der Waals surface area contributed by atoms with E-state index in [9.17, 15) is 0 Å². The number of rotatable bonds is 3. The lowest BCUT2D eigenvalue weighted by molar-refractivity contribution is 0.607. The summed E-state index contributed by atoms with van der Waals surface area (Å²) < 4.78 is 3.36. The summed E-state index contributed by atoms with van der Waals surface area (Å²) in [6, 6.07) is 9.84. The molecule has 0 amide bonds. The van der Waals surface area contributed by atoms with E-state index in [2.05, 4.69) is 20.2 Å². The molecule has 0 aliphatic carbocycles. The van der Waals surface area contributed by atoms with Gasteiger partial charge in [-0.15, -0.1) is 5.10 Å². The molecule has 0 saturated carbocycles. The summed E-state index contributed by atoms with van der Waals surface area (Å²) in [6.45, 7) is 0.482. The molecule has 0 spiro atoms. The Morgan fingerprint density at radius 3 is 2.63 bits per heavy atom. The first-order chi connectivity index (χ1) is 9.22. The predicted molar refractivity (Wildman–Crippen MR) is 70.6 cm³/mol. The number of aryl methyl sites for hydroxylation is 1. The Labute approximate surface area is 114 Å². The zero-order chi connectivity index (χ0) is 13.2. The molecule has 0 radical (unpaired) electrons. The maximum absolute atomic E-state index is 5.68. The van der Waals surface area contributed by atoms with E-state index >= 15 is 0 Å². The highest BCUT2D eigenvalue weighted by Crippen LogP contribution is 2.14. The van der Waals surface area contributed by atoms with Crippen molar-refractivity contribution in [1.82, 2.24) is 29.5 Å². The molecule has 2 heterocycles. The van der Waals surface area contributed by atoms with Crippen LogP contribution < -0.4 is 0 Å². The van der Waals surface area contributed by atoms with Crippen molar-refractivity contribution in [3.63, 3.8) is 0 Å². The summed E-state index contributed by atoms with van der Waals surface area (Å²) in [4.78, 5) is 8.37. The molecule has 0 N–H and O–H groups in total. The van der Waals surface area contributed by atoms with Gasteiger partial charge in [-0.3, -0.25) is 4.68 Å². The first kappa shape index (κ1) is 11.9. The van der Waals surface area contributed by atoms with Gasteiger partial charge in [0.25, 0.3) is 0 Å². The second-order valence-corrected chi connectivity index (χ2v) is 4.39. The van der Waals surface area contributed by atoms with Crippen LogP contribution in [0.4, 0.5) is 0 Å². The lowest BCUT2D eigenvalue weighted by atomic mass is 10.2. The maximum atomic E-state index is 5.68. The third-order valence-electron chi connectivity index (χ3n) is 2.70. The molecule has 3 rings (SSSR count). The van der Waals surface area contributed by atoms with Gasteiger partial charge in [-0.05, 0) is 11.6 Å². The van der Waals surface area contributed by atoms with Crippen molar-refractivity contribution < 1.29 is 0 Å². The average molecular weight is 275 g/mol. The zero-order valence-electron chi connectivity index (χ0n) is 10.2. The van der Waals surface area contributed by atoms with Crippen LogP contribution in [0.15, 0.2) is 36.7 Å². The third-order valence-corrected chi connectivity index (χ3v) is 2.87. The summed E-state index contributed by atoms with van der Waals surface area (Å²) in [5.74, 6) is 1.49. The van der Waals surface area contributed by atoms with E-state index in [1.54, 1.807) is 15.7 Å². The highest BCUT2D eigenvalue weighted by Gasteiger charge is 2.10. The monoisotopic (exact) mass is 274 g/mol. The van der Waals surface area contributed by atoms with Crippen molar-refractivity contribution in [3.8, 4) is 11.4 Å². The second-order valence-electron chi connectivity index (χ2n) is 4.05. The van der Waals surface area contributed by atoms with Gasteiger partial charge in [0, 0.05) is 12.6 Å². The number of benzene rings is 1. The highest BCUT2D eigenvalue weighted by atomic mass is 35.5. The molecule has 19 heavy (non-hydrogen) atoms. The fourth-order valence-electron chi connectivity index (χ4n) is 1.76. The SMILES string of the molecule is Cn1nc(-c2ccccc2)nc1Cn1cnc(Cl)n1. The molecule has 0 aliphatic heterocycles. The van der Waals surface area contributed by atoms with Crippen LogP contribution in [0.1, 0.15) is 5.82 Å². The van der Waals surface area contributed by atoms with Crippen molar-refractivity contribution in [2.24, 2.45) is 7.05 Å². The van der Waals surface area contributed by atoms with Gasteiger partial charge in [-0.2, -0.15) is 5.10 Å². The molecular formula is C12H11ClN6. The van der Waals surface area contributed by atoms with Crippen molar-refractivity contribution in [2.75, 3.05) is 0 Å². The first-order valence-electron chi connectivity index (χ1n) is 5.72. The molecule has 3 aromatic rings. The summed E-state index contributed by atoms with van der Waals surface area (Å²) in [7, 11) is 1.85. The molecule has 6 nitrogen and oxygen atoms in total. The van der Waals surface area contributed by atoms with Crippen molar-refractivity contribution in [2.45, 2.75) is 6.54 Å². The summed E-state index contributed by atoms with van der Waals surface area (Å²) in [5, 5.41) is 8.64. The van der Waals surface area contributed by atoms with E-state index in [0.29, 0.717) is 12.4 Å². The number of hydrogen-bond donors (Lipinski definition) is 0. The Bertz CT molecular complexity index is 687. The Balaban J connectivity index is 1.90. The van der Waals surface area contributed by atoms with Gasteiger partial charge in [0.1, 0.15) is 18.7 Å². The number of halogens is 1. The summed E-state index contributed by atoms with van der Waals surface area (Å²) in [5.41, 5.74) is 0.987. The van der Waals surface area contributed by atoms with Gasteiger partial charge in [0.2, 0.25) is 5.28 Å². The van der Waals surface area contributed by atoms with Crippen LogP contribution in [0.5, 0.6) is 0 Å². The average Bonchev–Trinajstić information content (AvgIpc) is 2.98. The quantitative estimate of drug-likeness (QED) is 0.730. The largest absolute Gasteiger partial charge is 0.251 e. The summed E-state index contributed by atoms with van der Waals surface area (Å²) in [6.07, 6.45) is 1.57. The Hall–Kier alpha value is -2.21. The lowest BCUT2D eigenvalue weighted by Gasteiger charge is -1.98. The van der Waals surface area contributed by atoms with Gasteiger partial charge < -0.3 is 0 Å². The number of nitrogens with zero attached hydrogens (tertiary/aromatic N) is 6. The molecule has 0 bridgehead atoms. The van der Waals surface area contributed by atoms with E-state index in [1.807, 2.05) is 37.4 Å². The van der Waals surface area contributed by atoms with Crippen LogP contribution >= 0.6 is 11.6 Å². The minimum absolute atomic E-state index is 0.227. The van der Waals surface area contributed by atoms with Gasteiger partial charge in [0.05, 0.1) is 0 Å². The molecular weight excluding hydrogens is 264 g/mol. The van der Waals surface area contributed by atoms with Crippen LogP contribution in [-0.2, 0) is 13.6 Å². The summed E-state index contributed by atoms with van der Waals surface area (Å²) >= 11 is 5.68. The standard InChI is InChI=1S/C12H11ClN6/c1-18-10(7-19-8-14-12(13)17-19)15-11(16-18)9-5-3-2-4-6-9/h2-6,8H,7H2,1H3. The van der Waals surface area contributed by atoms with Gasteiger partial charge in [-0.25, -0.2) is 14.6 Å². The van der Waals surface area contributed by atoms with Gasteiger partial charge in [0.15, 0.2) is 5.82 Å². The van der Waals surface area contributed by atoms with Crippen LogP contribution in [-0.4, -0.2) is 29.5 Å². The minimum Gasteiger partial charge on any atom is -0.251 e. The van der Waals surface area contributed by atoms with E-state index in [4.69, 9.17) is 11.6 Å². The Morgan fingerprint density at radius 1 is 1.16 bits per heavy atom. The Morgan fingerprint density at radius 2 is 1.95 bits per heavy atom. The predicted octanol–water partition coefficient (Wildman–Crippen LogP) is 1.78. The van der Waals surface area contributed by atoms with E-state index in [0.717, 1.165) is 11.4 Å². The number of hydrogen-bond acceptors (Lipinski definition) is 4. The van der Waals surface area contributed by atoms with Crippen molar-refractivity contribution in [3.05, 3.63) is 47.8 Å². The topological polar surface area (TPSA) is 61.4 Å². The fraction of sp³-hybridized carbons (Fsp3) is 0.167.